The Morgan fingerprint density at radius 2 is 1.63 bits per heavy atom. The van der Waals surface area contributed by atoms with E-state index in [-0.39, 0.29) is 16.5 Å². The van der Waals surface area contributed by atoms with E-state index in [0.717, 1.165) is 17.3 Å². The van der Waals surface area contributed by atoms with Gasteiger partial charge in [-0.05, 0) is 54.6 Å². The first kappa shape index (κ1) is 22.3. The number of aromatic nitrogens is 2. The standard InChI is InChI=1S/C27H18ClFN4O2/c28-21-15-19(11-12-22(21)29)27(35)31-20-9-4-8-18(14-20)24-16-30-25-23(10-5-13-33(24)25)32-26(34)17-6-2-1-3-7-17/h1-16H,(H,31,35)(H,32,34). The predicted molar refractivity (Wildman–Crippen MR) is 134 cm³/mol. The summed E-state index contributed by atoms with van der Waals surface area (Å²) in [6.45, 7) is 0. The molecule has 172 valence electrons. The first-order valence-corrected chi connectivity index (χ1v) is 11.1. The molecule has 3 aromatic carbocycles. The second-order valence-corrected chi connectivity index (χ2v) is 8.15. The van der Waals surface area contributed by atoms with Crippen LogP contribution in [0.15, 0.2) is 97.3 Å². The van der Waals surface area contributed by atoms with E-state index < -0.39 is 11.7 Å². The summed E-state index contributed by atoms with van der Waals surface area (Å²) in [6.07, 6.45) is 3.55. The Morgan fingerprint density at radius 3 is 2.43 bits per heavy atom. The normalized spacial score (nSPS) is 10.8. The Morgan fingerprint density at radius 1 is 0.829 bits per heavy atom. The number of nitrogens with zero attached hydrogens (tertiary/aromatic N) is 2. The molecule has 0 bridgehead atoms. The third-order valence-corrected chi connectivity index (χ3v) is 5.71. The highest BCUT2D eigenvalue weighted by Gasteiger charge is 2.14. The molecular weight excluding hydrogens is 467 g/mol. The number of fused-ring (bicyclic) bond motifs is 1. The number of amides is 2. The highest BCUT2D eigenvalue weighted by atomic mass is 35.5. The molecule has 0 aliphatic heterocycles. The molecule has 35 heavy (non-hydrogen) atoms. The van der Waals surface area contributed by atoms with Crippen molar-refractivity contribution < 1.29 is 14.0 Å². The van der Waals surface area contributed by atoms with Crippen LogP contribution < -0.4 is 10.6 Å². The number of hydrogen-bond donors (Lipinski definition) is 2. The van der Waals surface area contributed by atoms with Gasteiger partial charge in [0.05, 0.1) is 22.6 Å². The number of rotatable bonds is 5. The summed E-state index contributed by atoms with van der Waals surface area (Å²) in [6, 6.07) is 23.6. The molecule has 6 nitrogen and oxygen atoms in total. The number of pyridine rings is 1. The van der Waals surface area contributed by atoms with Crippen molar-refractivity contribution in [3.8, 4) is 11.3 Å². The number of carbonyl (C=O) groups excluding carboxylic acids is 2. The molecule has 2 amide bonds. The second-order valence-electron chi connectivity index (χ2n) is 7.74. The minimum absolute atomic E-state index is 0.118. The first-order valence-electron chi connectivity index (χ1n) is 10.7. The summed E-state index contributed by atoms with van der Waals surface area (Å²) < 4.78 is 15.3. The molecule has 0 aliphatic rings. The van der Waals surface area contributed by atoms with Crippen molar-refractivity contribution in [1.29, 1.82) is 0 Å². The van der Waals surface area contributed by atoms with Crippen LogP contribution in [0.2, 0.25) is 5.02 Å². The predicted octanol–water partition coefficient (Wildman–Crippen LogP) is 6.30. The molecule has 0 spiro atoms. The van der Waals surface area contributed by atoms with Crippen molar-refractivity contribution in [2.45, 2.75) is 0 Å². The van der Waals surface area contributed by atoms with Gasteiger partial charge >= 0.3 is 0 Å². The van der Waals surface area contributed by atoms with Crippen molar-refractivity contribution in [1.82, 2.24) is 9.38 Å². The van der Waals surface area contributed by atoms with Crippen LogP contribution in [0.1, 0.15) is 20.7 Å². The lowest BCUT2D eigenvalue weighted by atomic mass is 10.1. The van der Waals surface area contributed by atoms with Gasteiger partial charge in [-0.25, -0.2) is 9.37 Å². The zero-order valence-electron chi connectivity index (χ0n) is 18.2. The van der Waals surface area contributed by atoms with Gasteiger partial charge in [0, 0.05) is 28.6 Å². The fourth-order valence-electron chi connectivity index (χ4n) is 3.70. The highest BCUT2D eigenvalue weighted by molar-refractivity contribution is 6.31. The third-order valence-electron chi connectivity index (χ3n) is 5.42. The van der Waals surface area contributed by atoms with E-state index in [2.05, 4.69) is 15.6 Å². The van der Waals surface area contributed by atoms with E-state index >= 15 is 0 Å². The molecule has 0 saturated heterocycles. The molecule has 0 radical (unpaired) electrons. The van der Waals surface area contributed by atoms with Gasteiger partial charge in [0.2, 0.25) is 0 Å². The molecule has 2 heterocycles. The molecule has 5 aromatic rings. The molecule has 0 saturated carbocycles. The van der Waals surface area contributed by atoms with Crippen molar-refractivity contribution >= 4 is 40.4 Å². The van der Waals surface area contributed by atoms with Crippen molar-refractivity contribution in [3.63, 3.8) is 0 Å². The maximum absolute atomic E-state index is 13.4. The first-order chi connectivity index (χ1) is 17.0. The van der Waals surface area contributed by atoms with E-state index in [1.807, 2.05) is 40.9 Å². The Kier molecular flexibility index (Phi) is 5.99. The van der Waals surface area contributed by atoms with Crippen molar-refractivity contribution in [2.75, 3.05) is 10.6 Å². The lowest BCUT2D eigenvalue weighted by Crippen LogP contribution is -2.12. The van der Waals surface area contributed by atoms with Gasteiger partial charge in [-0.15, -0.1) is 0 Å². The van der Waals surface area contributed by atoms with E-state index in [1.165, 1.54) is 12.1 Å². The molecule has 5 rings (SSSR count). The second kappa shape index (κ2) is 9.40. The largest absolute Gasteiger partial charge is 0.322 e. The van der Waals surface area contributed by atoms with Crippen molar-refractivity contribution in [3.05, 3.63) is 119 Å². The van der Waals surface area contributed by atoms with Crippen LogP contribution in [0.4, 0.5) is 15.8 Å². The molecule has 0 unspecified atom stereocenters. The van der Waals surface area contributed by atoms with Gasteiger partial charge < -0.3 is 10.6 Å². The van der Waals surface area contributed by atoms with Crippen LogP contribution >= 0.6 is 11.6 Å². The summed E-state index contributed by atoms with van der Waals surface area (Å²) in [5, 5.41) is 5.60. The molecule has 2 N–H and O–H groups in total. The average Bonchev–Trinajstić information content (AvgIpc) is 3.31. The van der Waals surface area contributed by atoms with E-state index in [4.69, 9.17) is 11.6 Å². The number of nitrogens with one attached hydrogen (secondary N) is 2. The van der Waals surface area contributed by atoms with Crippen molar-refractivity contribution in [2.24, 2.45) is 0 Å². The average molecular weight is 485 g/mol. The van der Waals surface area contributed by atoms with Crippen LogP contribution in [-0.4, -0.2) is 21.2 Å². The van der Waals surface area contributed by atoms with Gasteiger partial charge in [0.15, 0.2) is 5.65 Å². The van der Waals surface area contributed by atoms with Crippen LogP contribution in [0.25, 0.3) is 16.9 Å². The Bertz CT molecular complexity index is 1570. The fraction of sp³-hybridized carbons (Fsp3) is 0. The van der Waals surface area contributed by atoms with E-state index in [9.17, 15) is 14.0 Å². The molecule has 2 aromatic heterocycles. The Balaban J connectivity index is 1.41. The lowest BCUT2D eigenvalue weighted by Gasteiger charge is -2.10. The zero-order valence-corrected chi connectivity index (χ0v) is 19.0. The third kappa shape index (κ3) is 4.62. The SMILES string of the molecule is O=C(Nc1cccc(-c2cnc3c(NC(=O)c4ccccc4)cccn23)c1)c1ccc(F)c(Cl)c1. The van der Waals surface area contributed by atoms with E-state index in [0.29, 0.717) is 22.6 Å². The summed E-state index contributed by atoms with van der Waals surface area (Å²) in [5.41, 5.74) is 4.09. The molecule has 0 atom stereocenters. The minimum atomic E-state index is -0.586. The highest BCUT2D eigenvalue weighted by Crippen LogP contribution is 2.27. The van der Waals surface area contributed by atoms with E-state index in [1.54, 1.807) is 42.6 Å². The van der Waals surface area contributed by atoms with Gasteiger partial charge in [-0.1, -0.05) is 41.9 Å². The number of carbonyl (C=O) groups is 2. The topological polar surface area (TPSA) is 75.5 Å². The summed E-state index contributed by atoms with van der Waals surface area (Å²) in [7, 11) is 0. The quantitative estimate of drug-likeness (QED) is 0.307. The smallest absolute Gasteiger partial charge is 0.255 e. The summed E-state index contributed by atoms with van der Waals surface area (Å²) in [4.78, 5) is 29.7. The summed E-state index contributed by atoms with van der Waals surface area (Å²) >= 11 is 5.80. The number of halogens is 2. The molecule has 0 aliphatic carbocycles. The zero-order chi connectivity index (χ0) is 24.4. The van der Waals surface area contributed by atoms with Crippen LogP contribution in [0.3, 0.4) is 0 Å². The number of anilines is 2. The van der Waals surface area contributed by atoms with Crippen LogP contribution in [0.5, 0.6) is 0 Å². The maximum atomic E-state index is 13.4. The minimum Gasteiger partial charge on any atom is -0.322 e. The number of hydrogen-bond acceptors (Lipinski definition) is 3. The lowest BCUT2D eigenvalue weighted by molar-refractivity contribution is 0.101. The van der Waals surface area contributed by atoms with Gasteiger partial charge in [0.25, 0.3) is 11.8 Å². The molecule has 8 heteroatoms. The molecular formula is C27H18ClFN4O2. The number of imidazole rings is 1. The maximum Gasteiger partial charge on any atom is 0.255 e. The monoisotopic (exact) mass is 484 g/mol. The van der Waals surface area contributed by atoms with Gasteiger partial charge in [-0.3, -0.25) is 14.0 Å². The summed E-state index contributed by atoms with van der Waals surface area (Å²) in [5.74, 6) is -1.22. The van der Waals surface area contributed by atoms with Gasteiger partial charge in [0.1, 0.15) is 5.82 Å². The van der Waals surface area contributed by atoms with Gasteiger partial charge in [-0.2, -0.15) is 0 Å². The van der Waals surface area contributed by atoms with Crippen LogP contribution in [-0.2, 0) is 0 Å². The molecule has 0 fully saturated rings. The number of benzene rings is 3. The Labute approximate surface area is 205 Å². The Hall–Kier alpha value is -4.49. The van der Waals surface area contributed by atoms with Crippen LogP contribution in [0, 0.1) is 5.82 Å². The fourth-order valence-corrected chi connectivity index (χ4v) is 3.88.